The second-order valence-corrected chi connectivity index (χ2v) is 4.77. The second kappa shape index (κ2) is 4.86. The molecule has 12 heavy (non-hydrogen) atoms. The molecular formula is C11H25N. The van der Waals surface area contributed by atoms with Gasteiger partial charge in [-0.1, -0.05) is 34.6 Å². The van der Waals surface area contributed by atoms with E-state index in [1.165, 1.54) is 6.42 Å². The topological polar surface area (TPSA) is 12.0 Å². The quantitative estimate of drug-likeness (QED) is 0.670. The van der Waals surface area contributed by atoms with Gasteiger partial charge in [0, 0.05) is 0 Å². The van der Waals surface area contributed by atoms with Gasteiger partial charge in [0.2, 0.25) is 0 Å². The molecule has 0 aliphatic carbocycles. The molecule has 0 saturated heterocycles. The molecule has 0 rings (SSSR count). The summed E-state index contributed by atoms with van der Waals surface area (Å²) in [4.78, 5) is 0. The molecule has 74 valence electrons. The van der Waals surface area contributed by atoms with E-state index in [-0.39, 0.29) is 0 Å². The van der Waals surface area contributed by atoms with Crippen LogP contribution in [0.3, 0.4) is 0 Å². The van der Waals surface area contributed by atoms with Crippen LogP contribution >= 0.6 is 0 Å². The molecule has 0 aliphatic rings. The van der Waals surface area contributed by atoms with Gasteiger partial charge in [0.25, 0.3) is 0 Å². The molecule has 0 fully saturated rings. The highest BCUT2D eigenvalue weighted by atomic mass is 14.8. The van der Waals surface area contributed by atoms with Crippen LogP contribution in [0.4, 0.5) is 0 Å². The fraction of sp³-hybridized carbons (Fsp3) is 1.00. The minimum Gasteiger partial charge on any atom is -0.320 e. The summed E-state index contributed by atoms with van der Waals surface area (Å²) in [5.74, 6) is 1.56. The monoisotopic (exact) mass is 171 g/mol. The number of nitrogens with one attached hydrogen (secondary N) is 1. The fourth-order valence-corrected chi connectivity index (χ4v) is 1.30. The predicted octanol–water partition coefficient (Wildman–Crippen LogP) is 2.91. The number of hydrogen-bond donors (Lipinski definition) is 1. The Labute approximate surface area is 77.9 Å². The van der Waals surface area contributed by atoms with Crippen molar-refractivity contribution in [1.82, 2.24) is 5.32 Å². The normalized spacial score (nSPS) is 15.2. The molecule has 0 aromatic heterocycles. The molecule has 1 N–H and O–H groups in total. The molecule has 0 aliphatic heterocycles. The van der Waals surface area contributed by atoms with Crippen molar-refractivity contribution in [3.05, 3.63) is 0 Å². The number of hydrogen-bond acceptors (Lipinski definition) is 1. The van der Waals surface area contributed by atoms with Crippen molar-refractivity contribution in [2.75, 3.05) is 13.6 Å². The Morgan fingerprint density at radius 1 is 1.17 bits per heavy atom. The van der Waals surface area contributed by atoms with Gasteiger partial charge >= 0.3 is 0 Å². The van der Waals surface area contributed by atoms with Crippen LogP contribution in [0.25, 0.3) is 0 Å². The van der Waals surface area contributed by atoms with Gasteiger partial charge in [0.15, 0.2) is 0 Å². The molecule has 0 heterocycles. The zero-order valence-corrected chi connectivity index (χ0v) is 9.57. The third kappa shape index (κ3) is 3.14. The van der Waals surface area contributed by atoms with Crippen molar-refractivity contribution in [3.63, 3.8) is 0 Å². The van der Waals surface area contributed by atoms with Crippen LogP contribution in [0.15, 0.2) is 0 Å². The van der Waals surface area contributed by atoms with Crippen LogP contribution in [0.1, 0.15) is 41.0 Å². The predicted molar refractivity (Wildman–Crippen MR) is 56.3 cm³/mol. The molecule has 1 nitrogen and oxygen atoms in total. The lowest BCUT2D eigenvalue weighted by Crippen LogP contribution is -2.29. The zero-order valence-electron chi connectivity index (χ0n) is 9.57. The van der Waals surface area contributed by atoms with Gasteiger partial charge in [-0.05, 0) is 37.3 Å². The van der Waals surface area contributed by atoms with Crippen molar-refractivity contribution in [2.45, 2.75) is 41.0 Å². The summed E-state index contributed by atoms with van der Waals surface area (Å²) in [7, 11) is 2.02. The van der Waals surface area contributed by atoms with E-state index in [0.717, 1.165) is 18.4 Å². The highest BCUT2D eigenvalue weighted by Crippen LogP contribution is 2.36. The summed E-state index contributed by atoms with van der Waals surface area (Å²) in [6.45, 7) is 12.9. The van der Waals surface area contributed by atoms with E-state index >= 15 is 0 Å². The zero-order chi connectivity index (χ0) is 9.78. The summed E-state index contributed by atoms with van der Waals surface area (Å²) in [6, 6.07) is 0. The molecular weight excluding hydrogens is 146 g/mol. The van der Waals surface area contributed by atoms with Crippen LogP contribution in [-0.4, -0.2) is 13.6 Å². The second-order valence-electron chi connectivity index (χ2n) is 4.77. The minimum absolute atomic E-state index is 0.469. The molecule has 0 aromatic rings. The van der Waals surface area contributed by atoms with Crippen LogP contribution in [-0.2, 0) is 0 Å². The van der Waals surface area contributed by atoms with Crippen molar-refractivity contribution in [3.8, 4) is 0 Å². The van der Waals surface area contributed by atoms with E-state index in [9.17, 15) is 0 Å². The third-order valence-corrected chi connectivity index (χ3v) is 3.59. The average molecular weight is 171 g/mol. The van der Waals surface area contributed by atoms with E-state index in [0.29, 0.717) is 5.41 Å². The molecule has 0 bridgehead atoms. The van der Waals surface area contributed by atoms with Crippen molar-refractivity contribution in [1.29, 1.82) is 0 Å². The van der Waals surface area contributed by atoms with Crippen molar-refractivity contribution in [2.24, 2.45) is 17.3 Å². The van der Waals surface area contributed by atoms with Gasteiger partial charge in [-0.3, -0.25) is 0 Å². The van der Waals surface area contributed by atoms with E-state index in [1.807, 2.05) is 7.05 Å². The Morgan fingerprint density at radius 2 is 1.67 bits per heavy atom. The highest BCUT2D eigenvalue weighted by molar-refractivity contribution is 4.78. The molecule has 0 spiro atoms. The van der Waals surface area contributed by atoms with Crippen LogP contribution < -0.4 is 5.32 Å². The summed E-state index contributed by atoms with van der Waals surface area (Å²) in [5, 5.41) is 3.21. The highest BCUT2D eigenvalue weighted by Gasteiger charge is 2.28. The van der Waals surface area contributed by atoms with Crippen LogP contribution in [0.2, 0.25) is 0 Å². The van der Waals surface area contributed by atoms with E-state index in [1.54, 1.807) is 0 Å². The molecule has 1 heteroatoms. The summed E-state index contributed by atoms with van der Waals surface area (Å²) in [6.07, 6.45) is 1.28. The molecule has 0 saturated carbocycles. The van der Waals surface area contributed by atoms with Crippen LogP contribution in [0, 0.1) is 17.3 Å². The molecule has 0 radical (unpaired) electrons. The lowest BCUT2D eigenvalue weighted by Gasteiger charge is -2.36. The van der Waals surface area contributed by atoms with Gasteiger partial charge in [-0.15, -0.1) is 0 Å². The first-order valence-electron chi connectivity index (χ1n) is 5.07. The van der Waals surface area contributed by atoms with Gasteiger partial charge in [0.1, 0.15) is 0 Å². The largest absolute Gasteiger partial charge is 0.320 e. The lowest BCUT2D eigenvalue weighted by atomic mass is 9.70. The van der Waals surface area contributed by atoms with E-state index in [4.69, 9.17) is 0 Å². The van der Waals surface area contributed by atoms with Crippen LogP contribution in [0.5, 0.6) is 0 Å². The Balaban J connectivity index is 3.97. The lowest BCUT2D eigenvalue weighted by molar-refractivity contribution is 0.143. The maximum Gasteiger partial charge on any atom is -0.00492 e. The van der Waals surface area contributed by atoms with Gasteiger partial charge in [0.05, 0.1) is 0 Å². The van der Waals surface area contributed by atoms with Gasteiger partial charge < -0.3 is 5.32 Å². The first-order chi connectivity index (χ1) is 5.42. The Morgan fingerprint density at radius 3 is 2.00 bits per heavy atom. The summed E-state index contributed by atoms with van der Waals surface area (Å²) >= 11 is 0. The first kappa shape index (κ1) is 12.0. The Hall–Kier alpha value is -0.0400. The third-order valence-electron chi connectivity index (χ3n) is 3.59. The smallest absolute Gasteiger partial charge is 0.00492 e. The minimum atomic E-state index is 0.469. The molecule has 0 aromatic carbocycles. The van der Waals surface area contributed by atoms with E-state index in [2.05, 4.69) is 39.9 Å². The van der Waals surface area contributed by atoms with Gasteiger partial charge in [-0.25, -0.2) is 0 Å². The molecule has 1 atom stereocenters. The van der Waals surface area contributed by atoms with Gasteiger partial charge in [-0.2, -0.15) is 0 Å². The Bertz CT molecular complexity index is 116. The van der Waals surface area contributed by atoms with Crippen molar-refractivity contribution < 1.29 is 0 Å². The molecule has 1 unspecified atom stereocenters. The Kier molecular flexibility index (Phi) is 4.84. The fourth-order valence-electron chi connectivity index (χ4n) is 1.30. The summed E-state index contributed by atoms with van der Waals surface area (Å²) in [5.41, 5.74) is 0.469. The summed E-state index contributed by atoms with van der Waals surface area (Å²) < 4.78 is 0. The maximum atomic E-state index is 3.21. The maximum absolute atomic E-state index is 3.21. The van der Waals surface area contributed by atoms with E-state index < -0.39 is 0 Å². The standard InChI is InChI=1S/C11H25N/c1-9(2)11(4,5)10(3)7-8-12-6/h9-10,12H,7-8H2,1-6H3. The average Bonchev–Trinajstić information content (AvgIpc) is 1.99. The molecule has 0 amide bonds. The SMILES string of the molecule is CNCCC(C)C(C)(C)C(C)C. The van der Waals surface area contributed by atoms with Crippen molar-refractivity contribution >= 4 is 0 Å². The first-order valence-corrected chi connectivity index (χ1v) is 5.07. The number of rotatable bonds is 5.